The molecule has 0 radical (unpaired) electrons. The van der Waals surface area contributed by atoms with E-state index < -0.39 is 0 Å². The summed E-state index contributed by atoms with van der Waals surface area (Å²) in [5.74, 6) is 0. The predicted molar refractivity (Wildman–Crippen MR) is 84.8 cm³/mol. The lowest BCUT2D eigenvalue weighted by Crippen LogP contribution is -1.94. The molecule has 1 aliphatic heterocycles. The Morgan fingerprint density at radius 3 is 2.50 bits per heavy atom. The van der Waals surface area contributed by atoms with Gasteiger partial charge in [-0.3, -0.25) is 0 Å². The van der Waals surface area contributed by atoms with Gasteiger partial charge in [0, 0.05) is 11.6 Å². The van der Waals surface area contributed by atoms with Crippen molar-refractivity contribution in [1.82, 2.24) is 0 Å². The molecule has 0 saturated heterocycles. The molecule has 0 atom stereocenters. The molecular weight excluding hydrogens is 242 g/mol. The van der Waals surface area contributed by atoms with E-state index in [1.165, 1.54) is 16.3 Å². The molecule has 1 aliphatic rings. The molecule has 0 fully saturated rings. The van der Waals surface area contributed by atoms with Crippen molar-refractivity contribution in [2.45, 2.75) is 0 Å². The standard InChI is InChI=1S/C19H12N/c1-2-6-15-11-17(10-9-14(15)5-1)19-12-16-7-3-4-8-18(16)13-20-19/h1-12H/q+1. The minimum atomic E-state index is 0.967. The second-order valence-electron chi connectivity index (χ2n) is 4.90. The minimum Gasteiger partial charge on any atom is -0.0981 e. The highest BCUT2D eigenvalue weighted by molar-refractivity contribution is 5.99. The van der Waals surface area contributed by atoms with E-state index >= 15 is 0 Å². The van der Waals surface area contributed by atoms with Gasteiger partial charge in [0.05, 0.1) is 11.6 Å². The van der Waals surface area contributed by atoms with E-state index in [-0.39, 0.29) is 0 Å². The van der Waals surface area contributed by atoms with Gasteiger partial charge >= 0.3 is 0 Å². The maximum Gasteiger partial charge on any atom is 0.175 e. The SMILES string of the molecule is [C+]1=NC(c2ccc3ccccc3c2)=Cc2ccccc21. The molecule has 0 saturated carbocycles. The van der Waals surface area contributed by atoms with E-state index in [1.807, 2.05) is 18.2 Å². The Labute approximate surface area is 117 Å². The first-order valence-electron chi connectivity index (χ1n) is 6.67. The van der Waals surface area contributed by atoms with E-state index in [9.17, 15) is 0 Å². The molecule has 4 rings (SSSR count). The van der Waals surface area contributed by atoms with Crippen LogP contribution in [-0.4, -0.2) is 6.21 Å². The summed E-state index contributed by atoms with van der Waals surface area (Å²) in [5, 5.41) is 2.49. The third-order valence-electron chi connectivity index (χ3n) is 3.60. The van der Waals surface area contributed by atoms with Crippen LogP contribution in [0.4, 0.5) is 0 Å². The number of fused-ring (bicyclic) bond motifs is 2. The Bertz CT molecular complexity index is 856. The molecule has 92 valence electrons. The Morgan fingerprint density at radius 1 is 0.750 bits per heavy atom. The van der Waals surface area contributed by atoms with Gasteiger partial charge in [-0.05, 0) is 41.1 Å². The molecule has 1 heteroatoms. The second-order valence-corrected chi connectivity index (χ2v) is 4.90. The summed E-state index contributed by atoms with van der Waals surface area (Å²) >= 11 is 0. The van der Waals surface area contributed by atoms with E-state index in [4.69, 9.17) is 0 Å². The van der Waals surface area contributed by atoms with Crippen LogP contribution >= 0.6 is 0 Å². The zero-order valence-electron chi connectivity index (χ0n) is 10.9. The van der Waals surface area contributed by atoms with Gasteiger partial charge in [0.15, 0.2) is 11.3 Å². The fourth-order valence-corrected chi connectivity index (χ4v) is 2.52. The van der Waals surface area contributed by atoms with Gasteiger partial charge < -0.3 is 0 Å². The molecule has 0 amide bonds. The maximum atomic E-state index is 4.46. The van der Waals surface area contributed by atoms with Gasteiger partial charge in [0.2, 0.25) is 0 Å². The summed E-state index contributed by atoms with van der Waals surface area (Å²) in [6, 6.07) is 23.0. The van der Waals surface area contributed by atoms with E-state index in [0.29, 0.717) is 0 Å². The van der Waals surface area contributed by atoms with Crippen molar-refractivity contribution < 1.29 is 0 Å². The van der Waals surface area contributed by atoms with Crippen molar-refractivity contribution in [3.8, 4) is 0 Å². The molecule has 0 unspecified atom stereocenters. The first-order valence-corrected chi connectivity index (χ1v) is 6.67. The van der Waals surface area contributed by atoms with Gasteiger partial charge in [-0.2, -0.15) is 0 Å². The molecule has 0 bridgehead atoms. The quantitative estimate of drug-likeness (QED) is 0.561. The number of rotatable bonds is 1. The van der Waals surface area contributed by atoms with E-state index in [2.05, 4.69) is 65.8 Å². The van der Waals surface area contributed by atoms with Crippen LogP contribution in [0.25, 0.3) is 22.5 Å². The van der Waals surface area contributed by atoms with Gasteiger partial charge in [-0.25, -0.2) is 0 Å². The summed E-state index contributed by atoms with van der Waals surface area (Å²) < 4.78 is 0. The molecule has 0 aliphatic carbocycles. The van der Waals surface area contributed by atoms with Gasteiger partial charge in [-0.15, -0.1) is 0 Å². The first kappa shape index (κ1) is 11.1. The monoisotopic (exact) mass is 254 g/mol. The zero-order chi connectivity index (χ0) is 13.4. The highest BCUT2D eigenvalue weighted by atomic mass is 14.7. The van der Waals surface area contributed by atoms with Crippen molar-refractivity contribution >= 4 is 28.8 Å². The summed E-state index contributed by atoms with van der Waals surface area (Å²) in [6.07, 6.45) is 5.24. The average Bonchev–Trinajstić information content (AvgIpc) is 2.54. The summed E-state index contributed by atoms with van der Waals surface area (Å²) in [7, 11) is 0. The van der Waals surface area contributed by atoms with Crippen molar-refractivity contribution in [2.75, 3.05) is 0 Å². The molecule has 0 aromatic heterocycles. The van der Waals surface area contributed by atoms with Crippen LogP contribution in [-0.2, 0) is 0 Å². The molecule has 0 N–H and O–H groups in total. The second kappa shape index (κ2) is 4.41. The van der Waals surface area contributed by atoms with Crippen molar-refractivity contribution in [1.29, 1.82) is 0 Å². The van der Waals surface area contributed by atoms with Crippen LogP contribution in [0.1, 0.15) is 16.7 Å². The third kappa shape index (κ3) is 1.82. The van der Waals surface area contributed by atoms with Gasteiger partial charge in [0.25, 0.3) is 0 Å². The largest absolute Gasteiger partial charge is 0.175 e. The molecule has 20 heavy (non-hydrogen) atoms. The lowest BCUT2D eigenvalue weighted by Gasteiger charge is -2.03. The molecule has 1 heterocycles. The first-order chi connectivity index (χ1) is 9.90. The highest BCUT2D eigenvalue weighted by Crippen LogP contribution is 2.27. The predicted octanol–water partition coefficient (Wildman–Crippen LogP) is 4.65. The number of nitrogens with zero attached hydrogens (tertiary/aromatic N) is 1. The van der Waals surface area contributed by atoms with Gasteiger partial charge in [0.1, 0.15) is 6.21 Å². The van der Waals surface area contributed by atoms with Crippen LogP contribution < -0.4 is 0 Å². The third-order valence-corrected chi connectivity index (χ3v) is 3.60. The van der Waals surface area contributed by atoms with Crippen LogP contribution in [0.3, 0.4) is 0 Å². The summed E-state index contributed by atoms with van der Waals surface area (Å²) in [5.41, 5.74) is 4.32. The molecule has 3 aromatic carbocycles. The summed E-state index contributed by atoms with van der Waals surface area (Å²) in [6.45, 7) is 0. The zero-order valence-corrected chi connectivity index (χ0v) is 10.9. The maximum absolute atomic E-state index is 4.46. The van der Waals surface area contributed by atoms with Crippen molar-refractivity contribution in [3.63, 3.8) is 0 Å². The number of hydrogen-bond acceptors (Lipinski definition) is 1. The number of aliphatic imine (C=N–C) groups is 1. The lowest BCUT2D eigenvalue weighted by molar-refractivity contribution is 1.50. The van der Waals surface area contributed by atoms with Crippen LogP contribution in [0.15, 0.2) is 71.7 Å². The Morgan fingerprint density at radius 2 is 1.55 bits per heavy atom. The lowest BCUT2D eigenvalue weighted by atomic mass is 10.00. The Hall–Kier alpha value is -2.76. The fourth-order valence-electron chi connectivity index (χ4n) is 2.52. The van der Waals surface area contributed by atoms with Crippen LogP contribution in [0, 0.1) is 0 Å². The fraction of sp³-hybridized carbons (Fsp3) is 0. The van der Waals surface area contributed by atoms with Crippen LogP contribution in [0.5, 0.6) is 0 Å². The molecule has 0 spiro atoms. The van der Waals surface area contributed by atoms with Crippen molar-refractivity contribution in [2.24, 2.45) is 4.99 Å². The topological polar surface area (TPSA) is 12.4 Å². The number of benzene rings is 3. The Kier molecular flexibility index (Phi) is 2.45. The molecule has 3 aromatic rings. The number of hydrogen-bond donors (Lipinski definition) is 0. The summed E-state index contributed by atoms with van der Waals surface area (Å²) in [4.78, 5) is 4.46. The average molecular weight is 254 g/mol. The van der Waals surface area contributed by atoms with E-state index in [1.54, 1.807) is 0 Å². The van der Waals surface area contributed by atoms with Crippen molar-refractivity contribution in [3.05, 3.63) is 83.4 Å². The smallest absolute Gasteiger partial charge is 0.0981 e. The molecule has 1 nitrogen and oxygen atoms in total. The van der Waals surface area contributed by atoms with Crippen LogP contribution in [0.2, 0.25) is 0 Å². The Balaban J connectivity index is 1.85. The van der Waals surface area contributed by atoms with Gasteiger partial charge in [-0.1, -0.05) is 35.3 Å². The highest BCUT2D eigenvalue weighted by Gasteiger charge is 2.16. The van der Waals surface area contributed by atoms with E-state index in [0.717, 1.165) is 16.8 Å². The normalized spacial score (nSPS) is 12.7. The minimum absolute atomic E-state index is 0.967. The molecular formula is C19H12N+.